The maximum absolute atomic E-state index is 5.70. The van der Waals surface area contributed by atoms with Gasteiger partial charge in [0.2, 0.25) is 0 Å². The monoisotopic (exact) mass is 240 g/mol. The third kappa shape index (κ3) is 2.79. The Hall–Kier alpha value is -1.07. The van der Waals surface area contributed by atoms with E-state index in [2.05, 4.69) is 38.2 Å². The predicted molar refractivity (Wildman–Crippen MR) is 68.5 cm³/mol. The molecule has 0 aliphatic heterocycles. The number of ether oxygens (including phenoxy) is 1. The lowest BCUT2D eigenvalue weighted by Gasteiger charge is -2.27. The summed E-state index contributed by atoms with van der Waals surface area (Å²) in [5.74, 6) is 7.42. The summed E-state index contributed by atoms with van der Waals surface area (Å²) in [7, 11) is 1.66. The largest absolute Gasteiger partial charge is 0.493 e. The summed E-state index contributed by atoms with van der Waals surface area (Å²) >= 11 is 0. The molecule has 2 unspecified atom stereocenters. The molecule has 0 bridgehead atoms. The molecule has 0 radical (unpaired) electrons. The van der Waals surface area contributed by atoms with Crippen LogP contribution in [-0.4, -0.2) is 16.9 Å². The number of aryl methyl sites for hydroxylation is 1. The van der Waals surface area contributed by atoms with Crippen LogP contribution in [0.15, 0.2) is 6.20 Å². The summed E-state index contributed by atoms with van der Waals surface area (Å²) in [6, 6.07) is 0.0485. The van der Waals surface area contributed by atoms with Crippen LogP contribution in [0.1, 0.15) is 39.4 Å². The second-order valence-corrected chi connectivity index (χ2v) is 4.66. The first-order valence-corrected chi connectivity index (χ1v) is 6.12. The molecule has 5 heteroatoms. The van der Waals surface area contributed by atoms with Crippen LogP contribution >= 0.6 is 0 Å². The molecule has 0 fully saturated rings. The van der Waals surface area contributed by atoms with E-state index in [9.17, 15) is 0 Å². The molecule has 2 atom stereocenters. The lowest BCUT2D eigenvalue weighted by Crippen LogP contribution is -2.36. The van der Waals surface area contributed by atoms with Gasteiger partial charge in [-0.1, -0.05) is 20.8 Å². The standard InChI is InChI=1S/C12H24N4O/c1-6-16-12(10(17-5)7-14-16)11(15-13)9(4)8(2)3/h7-9,11,15H,6,13H2,1-5H3. The van der Waals surface area contributed by atoms with Crippen molar-refractivity contribution < 1.29 is 4.74 Å². The van der Waals surface area contributed by atoms with E-state index in [1.165, 1.54) is 0 Å². The van der Waals surface area contributed by atoms with Crippen molar-refractivity contribution in [3.8, 4) is 5.75 Å². The summed E-state index contributed by atoms with van der Waals surface area (Å²) in [5.41, 5.74) is 3.92. The molecular weight excluding hydrogens is 216 g/mol. The minimum Gasteiger partial charge on any atom is -0.493 e. The molecule has 0 aliphatic carbocycles. The second kappa shape index (κ2) is 6.02. The maximum Gasteiger partial charge on any atom is 0.161 e. The molecule has 0 saturated heterocycles. The zero-order valence-electron chi connectivity index (χ0n) is 11.4. The van der Waals surface area contributed by atoms with Gasteiger partial charge in [-0.25, -0.2) is 0 Å². The SMILES string of the molecule is CCn1ncc(OC)c1C(NN)C(C)C(C)C. The van der Waals surface area contributed by atoms with Gasteiger partial charge >= 0.3 is 0 Å². The van der Waals surface area contributed by atoms with E-state index >= 15 is 0 Å². The molecule has 1 heterocycles. The highest BCUT2D eigenvalue weighted by molar-refractivity contribution is 5.28. The van der Waals surface area contributed by atoms with Gasteiger partial charge in [-0.15, -0.1) is 0 Å². The van der Waals surface area contributed by atoms with E-state index in [1.807, 2.05) is 4.68 Å². The molecular formula is C12H24N4O. The predicted octanol–water partition coefficient (Wildman–Crippen LogP) is 1.71. The van der Waals surface area contributed by atoms with Crippen molar-refractivity contribution in [1.82, 2.24) is 15.2 Å². The smallest absolute Gasteiger partial charge is 0.161 e. The van der Waals surface area contributed by atoms with Gasteiger partial charge in [0.1, 0.15) is 0 Å². The molecule has 0 aliphatic rings. The van der Waals surface area contributed by atoms with Gasteiger partial charge < -0.3 is 4.74 Å². The third-order valence-corrected chi connectivity index (χ3v) is 3.42. The van der Waals surface area contributed by atoms with Crippen molar-refractivity contribution in [3.05, 3.63) is 11.9 Å². The summed E-state index contributed by atoms with van der Waals surface area (Å²) in [4.78, 5) is 0. The van der Waals surface area contributed by atoms with Crippen molar-refractivity contribution in [2.75, 3.05) is 7.11 Å². The van der Waals surface area contributed by atoms with Crippen molar-refractivity contribution in [2.45, 2.75) is 40.3 Å². The number of aromatic nitrogens is 2. The molecule has 0 spiro atoms. The van der Waals surface area contributed by atoms with Crippen LogP contribution in [0.4, 0.5) is 0 Å². The first kappa shape index (κ1) is 14.0. The molecule has 98 valence electrons. The summed E-state index contributed by atoms with van der Waals surface area (Å²) in [6.07, 6.45) is 1.75. The van der Waals surface area contributed by atoms with Gasteiger partial charge in [-0.2, -0.15) is 5.10 Å². The van der Waals surface area contributed by atoms with Crippen molar-refractivity contribution in [1.29, 1.82) is 0 Å². The number of nitrogens with two attached hydrogens (primary N) is 1. The number of nitrogens with one attached hydrogen (secondary N) is 1. The number of nitrogens with zero attached hydrogens (tertiary/aromatic N) is 2. The number of rotatable bonds is 6. The van der Waals surface area contributed by atoms with Crippen LogP contribution in [-0.2, 0) is 6.54 Å². The average Bonchev–Trinajstić information content (AvgIpc) is 2.72. The summed E-state index contributed by atoms with van der Waals surface area (Å²) in [5, 5.41) is 4.31. The molecule has 1 aromatic heterocycles. The van der Waals surface area contributed by atoms with Crippen LogP contribution in [0.25, 0.3) is 0 Å². The minimum absolute atomic E-state index is 0.0485. The van der Waals surface area contributed by atoms with Gasteiger partial charge in [-0.3, -0.25) is 16.0 Å². The van der Waals surface area contributed by atoms with Gasteiger partial charge in [0.15, 0.2) is 5.75 Å². The van der Waals surface area contributed by atoms with E-state index in [4.69, 9.17) is 10.6 Å². The number of hydrogen-bond acceptors (Lipinski definition) is 4. The second-order valence-electron chi connectivity index (χ2n) is 4.66. The van der Waals surface area contributed by atoms with Crippen LogP contribution in [0.3, 0.4) is 0 Å². The molecule has 0 aromatic carbocycles. The number of hydrogen-bond donors (Lipinski definition) is 2. The fraction of sp³-hybridized carbons (Fsp3) is 0.750. The van der Waals surface area contributed by atoms with Crippen LogP contribution in [0.5, 0.6) is 5.75 Å². The molecule has 0 saturated carbocycles. The fourth-order valence-corrected chi connectivity index (χ4v) is 1.97. The van der Waals surface area contributed by atoms with E-state index in [0.717, 1.165) is 18.0 Å². The van der Waals surface area contributed by atoms with Crippen LogP contribution in [0.2, 0.25) is 0 Å². The molecule has 5 nitrogen and oxygen atoms in total. The summed E-state index contributed by atoms with van der Waals surface area (Å²) in [6.45, 7) is 9.43. The number of methoxy groups -OCH3 is 1. The molecule has 0 amide bonds. The van der Waals surface area contributed by atoms with Crippen molar-refractivity contribution in [2.24, 2.45) is 17.7 Å². The fourth-order valence-electron chi connectivity index (χ4n) is 1.97. The van der Waals surface area contributed by atoms with Crippen molar-refractivity contribution in [3.63, 3.8) is 0 Å². The highest BCUT2D eigenvalue weighted by Crippen LogP contribution is 2.32. The van der Waals surface area contributed by atoms with E-state index in [-0.39, 0.29) is 6.04 Å². The molecule has 1 aromatic rings. The minimum atomic E-state index is 0.0485. The maximum atomic E-state index is 5.70. The van der Waals surface area contributed by atoms with Crippen molar-refractivity contribution >= 4 is 0 Å². The number of hydrazine groups is 1. The Morgan fingerprint density at radius 2 is 2.12 bits per heavy atom. The first-order chi connectivity index (χ1) is 8.06. The highest BCUT2D eigenvalue weighted by Gasteiger charge is 2.27. The van der Waals surface area contributed by atoms with Gasteiger partial charge in [0, 0.05) is 6.54 Å². The zero-order chi connectivity index (χ0) is 13.0. The Labute approximate surface area is 103 Å². The van der Waals surface area contributed by atoms with Gasteiger partial charge in [-0.05, 0) is 18.8 Å². The Morgan fingerprint density at radius 1 is 1.47 bits per heavy atom. The normalized spacial score (nSPS) is 15.0. The zero-order valence-corrected chi connectivity index (χ0v) is 11.4. The molecule has 17 heavy (non-hydrogen) atoms. The van der Waals surface area contributed by atoms with E-state index in [1.54, 1.807) is 13.3 Å². The Morgan fingerprint density at radius 3 is 2.53 bits per heavy atom. The Balaban J connectivity index is 3.13. The molecule has 1 rings (SSSR count). The third-order valence-electron chi connectivity index (χ3n) is 3.42. The van der Waals surface area contributed by atoms with Gasteiger partial charge in [0.05, 0.1) is 25.0 Å². The Kier molecular flexibility index (Phi) is 4.96. The topological polar surface area (TPSA) is 65.1 Å². The average molecular weight is 240 g/mol. The Bertz CT molecular complexity index is 327. The highest BCUT2D eigenvalue weighted by atomic mass is 16.5. The molecule has 3 N–H and O–H groups in total. The van der Waals surface area contributed by atoms with E-state index in [0.29, 0.717) is 11.8 Å². The first-order valence-electron chi connectivity index (χ1n) is 6.12. The quantitative estimate of drug-likeness (QED) is 0.587. The lowest BCUT2D eigenvalue weighted by atomic mass is 9.88. The summed E-state index contributed by atoms with van der Waals surface area (Å²) < 4.78 is 7.29. The van der Waals surface area contributed by atoms with Crippen LogP contribution < -0.4 is 16.0 Å². The van der Waals surface area contributed by atoms with Gasteiger partial charge in [0.25, 0.3) is 0 Å². The van der Waals surface area contributed by atoms with E-state index < -0.39 is 0 Å². The van der Waals surface area contributed by atoms with Crippen LogP contribution in [0, 0.1) is 11.8 Å². The lowest BCUT2D eigenvalue weighted by molar-refractivity contribution is 0.283.